The largest absolute Gasteiger partial charge is 0.491 e. The predicted octanol–water partition coefficient (Wildman–Crippen LogP) is 7.73. The Labute approximate surface area is 196 Å². The molecular formula is C25H19F7O3. The van der Waals surface area contributed by atoms with Crippen molar-refractivity contribution in [1.82, 2.24) is 0 Å². The highest BCUT2D eigenvalue weighted by Crippen LogP contribution is 2.52. The molecule has 0 saturated heterocycles. The summed E-state index contributed by atoms with van der Waals surface area (Å²) in [7, 11) is 0. The van der Waals surface area contributed by atoms with E-state index in [4.69, 9.17) is 9.47 Å². The molecule has 0 saturated carbocycles. The van der Waals surface area contributed by atoms with Crippen molar-refractivity contribution in [2.45, 2.75) is 32.3 Å². The van der Waals surface area contributed by atoms with Crippen molar-refractivity contribution < 1.29 is 44.9 Å². The molecule has 0 bridgehead atoms. The van der Waals surface area contributed by atoms with Crippen molar-refractivity contribution in [2.75, 3.05) is 13.2 Å². The fraction of sp³-hybridized carbons (Fsp3) is 0.280. The van der Waals surface area contributed by atoms with Crippen molar-refractivity contribution in [2.24, 2.45) is 0 Å². The number of halogens is 7. The molecule has 186 valence electrons. The van der Waals surface area contributed by atoms with Crippen LogP contribution in [0.5, 0.6) is 17.2 Å². The Morgan fingerprint density at radius 3 is 1.89 bits per heavy atom. The molecule has 1 aliphatic carbocycles. The van der Waals surface area contributed by atoms with Crippen LogP contribution in [0.1, 0.15) is 42.9 Å². The standard InChI is InChI=1S/C25H19F7O3/c1-3-33-17-9-5-12(11-16(17)26)35-25(31,32)15-8-6-13-14-7-10-18(34-4-2)22(28)20(14)24(30)23(29)19(13)21(15)27/h5-11,23-24H,3-4H2,1-2H3. The normalized spacial score (nSPS) is 16.9. The maximum atomic E-state index is 15.2. The summed E-state index contributed by atoms with van der Waals surface area (Å²) in [5.74, 6) is -5.06. The zero-order valence-electron chi connectivity index (χ0n) is 18.5. The molecule has 2 atom stereocenters. The molecule has 3 aromatic rings. The Morgan fingerprint density at radius 2 is 1.29 bits per heavy atom. The van der Waals surface area contributed by atoms with Gasteiger partial charge in [-0.1, -0.05) is 12.1 Å². The number of fused-ring (bicyclic) bond motifs is 3. The second kappa shape index (κ2) is 9.31. The van der Waals surface area contributed by atoms with Crippen LogP contribution in [0.4, 0.5) is 30.7 Å². The van der Waals surface area contributed by atoms with Gasteiger partial charge in [-0.15, -0.1) is 0 Å². The molecule has 35 heavy (non-hydrogen) atoms. The predicted molar refractivity (Wildman–Crippen MR) is 113 cm³/mol. The molecule has 1 aliphatic rings. The molecule has 0 N–H and O–H groups in total. The van der Waals surface area contributed by atoms with Crippen LogP contribution >= 0.6 is 0 Å². The monoisotopic (exact) mass is 500 g/mol. The van der Waals surface area contributed by atoms with Gasteiger partial charge in [-0.05, 0) is 49.2 Å². The van der Waals surface area contributed by atoms with E-state index in [9.17, 15) is 22.0 Å². The van der Waals surface area contributed by atoms with Gasteiger partial charge in [0.05, 0.1) is 13.2 Å². The van der Waals surface area contributed by atoms with Crippen LogP contribution in [0.3, 0.4) is 0 Å². The van der Waals surface area contributed by atoms with Crippen LogP contribution in [0.2, 0.25) is 0 Å². The summed E-state index contributed by atoms with van der Waals surface area (Å²) in [5.41, 5.74) is -3.54. The van der Waals surface area contributed by atoms with Gasteiger partial charge in [0.25, 0.3) is 0 Å². The number of ether oxygens (including phenoxy) is 3. The molecular weight excluding hydrogens is 481 g/mol. The molecule has 0 aliphatic heterocycles. The Balaban J connectivity index is 1.76. The van der Waals surface area contributed by atoms with Crippen LogP contribution in [-0.4, -0.2) is 13.2 Å². The van der Waals surface area contributed by atoms with Gasteiger partial charge >= 0.3 is 6.11 Å². The third-order valence-electron chi connectivity index (χ3n) is 5.49. The fourth-order valence-corrected chi connectivity index (χ4v) is 3.98. The third-order valence-corrected chi connectivity index (χ3v) is 5.49. The minimum Gasteiger partial charge on any atom is -0.491 e. The van der Waals surface area contributed by atoms with E-state index in [1.807, 2.05) is 0 Å². The average Bonchev–Trinajstić information content (AvgIpc) is 2.80. The summed E-state index contributed by atoms with van der Waals surface area (Å²) in [6.45, 7) is 3.36. The average molecular weight is 500 g/mol. The smallest absolute Gasteiger partial charge is 0.429 e. The summed E-state index contributed by atoms with van der Waals surface area (Å²) in [6, 6.07) is 6.60. The highest BCUT2D eigenvalue weighted by atomic mass is 19.3. The van der Waals surface area contributed by atoms with Crippen molar-refractivity contribution in [1.29, 1.82) is 0 Å². The lowest BCUT2D eigenvalue weighted by atomic mass is 9.81. The minimum absolute atomic E-state index is 0.0631. The van der Waals surface area contributed by atoms with Crippen molar-refractivity contribution in [3.63, 3.8) is 0 Å². The molecule has 3 nitrogen and oxygen atoms in total. The second-order valence-electron chi connectivity index (χ2n) is 7.61. The second-order valence-corrected chi connectivity index (χ2v) is 7.61. The van der Waals surface area contributed by atoms with Crippen LogP contribution < -0.4 is 14.2 Å². The van der Waals surface area contributed by atoms with E-state index in [0.717, 1.165) is 24.3 Å². The molecule has 0 amide bonds. The molecule has 0 fully saturated rings. The molecule has 4 rings (SSSR count). The quantitative estimate of drug-likeness (QED) is 0.311. The van der Waals surface area contributed by atoms with E-state index in [1.54, 1.807) is 13.8 Å². The Morgan fingerprint density at radius 1 is 0.743 bits per heavy atom. The first-order valence-corrected chi connectivity index (χ1v) is 10.7. The van der Waals surface area contributed by atoms with Gasteiger partial charge in [-0.25, -0.2) is 22.0 Å². The number of rotatable bonds is 7. The van der Waals surface area contributed by atoms with Crippen molar-refractivity contribution >= 4 is 0 Å². The third kappa shape index (κ3) is 4.26. The van der Waals surface area contributed by atoms with E-state index in [1.165, 1.54) is 6.07 Å². The number of benzene rings is 3. The maximum absolute atomic E-state index is 15.2. The molecule has 0 radical (unpaired) electrons. The van der Waals surface area contributed by atoms with E-state index in [0.29, 0.717) is 12.1 Å². The minimum atomic E-state index is -4.38. The molecule has 3 aromatic carbocycles. The Bertz CT molecular complexity index is 1260. The fourth-order valence-electron chi connectivity index (χ4n) is 3.98. The van der Waals surface area contributed by atoms with Crippen molar-refractivity contribution in [3.8, 4) is 28.4 Å². The first-order chi connectivity index (χ1) is 16.6. The first kappa shape index (κ1) is 24.7. The van der Waals surface area contributed by atoms with Gasteiger partial charge in [0.15, 0.2) is 35.5 Å². The van der Waals surface area contributed by atoms with Crippen molar-refractivity contribution in [3.05, 3.63) is 76.6 Å². The van der Waals surface area contributed by atoms with E-state index >= 15 is 8.78 Å². The number of hydrogen-bond donors (Lipinski definition) is 0. The maximum Gasteiger partial charge on any atom is 0.429 e. The topological polar surface area (TPSA) is 27.7 Å². The van der Waals surface area contributed by atoms with E-state index in [-0.39, 0.29) is 35.8 Å². The lowest BCUT2D eigenvalue weighted by Gasteiger charge is -2.29. The Hall–Kier alpha value is -3.43. The van der Waals surface area contributed by atoms with Crippen LogP contribution in [0, 0.1) is 17.5 Å². The van der Waals surface area contributed by atoms with Crippen LogP contribution in [-0.2, 0) is 6.11 Å². The van der Waals surface area contributed by atoms with Gasteiger partial charge in [-0.2, -0.15) is 8.78 Å². The van der Waals surface area contributed by atoms with Crippen LogP contribution in [0.15, 0.2) is 42.5 Å². The van der Waals surface area contributed by atoms with Gasteiger partial charge in [0.1, 0.15) is 17.1 Å². The van der Waals surface area contributed by atoms with Gasteiger partial charge < -0.3 is 14.2 Å². The lowest BCUT2D eigenvalue weighted by Crippen LogP contribution is -2.25. The molecule has 0 spiro atoms. The van der Waals surface area contributed by atoms with Gasteiger partial charge in [-0.3, -0.25) is 0 Å². The number of alkyl halides is 4. The van der Waals surface area contributed by atoms with Gasteiger partial charge in [0, 0.05) is 17.2 Å². The van der Waals surface area contributed by atoms with Crippen LogP contribution in [0.25, 0.3) is 11.1 Å². The highest BCUT2D eigenvalue weighted by Gasteiger charge is 2.44. The summed E-state index contributed by atoms with van der Waals surface area (Å²) in [5, 5.41) is 0. The highest BCUT2D eigenvalue weighted by molar-refractivity contribution is 5.76. The molecule has 0 heterocycles. The first-order valence-electron chi connectivity index (χ1n) is 10.7. The van der Waals surface area contributed by atoms with E-state index < -0.39 is 58.3 Å². The zero-order chi connectivity index (χ0) is 25.5. The summed E-state index contributed by atoms with van der Waals surface area (Å²) >= 11 is 0. The van der Waals surface area contributed by atoms with Gasteiger partial charge in [0.2, 0.25) is 0 Å². The van der Waals surface area contributed by atoms with E-state index in [2.05, 4.69) is 4.74 Å². The number of hydrogen-bond acceptors (Lipinski definition) is 3. The summed E-state index contributed by atoms with van der Waals surface area (Å²) in [6.07, 6.45) is -9.82. The summed E-state index contributed by atoms with van der Waals surface area (Å²) < 4.78 is 118. The lowest BCUT2D eigenvalue weighted by molar-refractivity contribution is -0.187. The zero-order valence-corrected chi connectivity index (χ0v) is 18.5. The SMILES string of the molecule is CCOc1ccc(OC(F)(F)c2ccc3c(c2F)C(F)C(F)c2c-3ccc(OCC)c2F)cc1F. The molecule has 2 unspecified atom stereocenters. The molecule has 0 aromatic heterocycles. The Kier molecular flexibility index (Phi) is 6.57. The molecule has 10 heteroatoms. The summed E-state index contributed by atoms with van der Waals surface area (Å²) in [4.78, 5) is 0.